The van der Waals surface area contributed by atoms with Crippen LogP contribution in [0.3, 0.4) is 0 Å². The van der Waals surface area contributed by atoms with Crippen molar-refractivity contribution in [2.45, 2.75) is 12.5 Å². The average Bonchev–Trinajstić information content (AvgIpc) is 3.45. The molecule has 0 saturated carbocycles. The maximum absolute atomic E-state index is 12.6. The number of aromatic nitrogens is 4. The molecule has 3 aromatic heterocycles. The number of nitrogens with zero attached hydrogens (tertiary/aromatic N) is 6. The molecule has 2 aliphatic heterocycles. The second-order valence-electron chi connectivity index (χ2n) is 7.35. The zero-order valence-electron chi connectivity index (χ0n) is 15.9. The van der Waals surface area contributed by atoms with Crippen LogP contribution in [-0.2, 0) is 4.74 Å². The van der Waals surface area contributed by atoms with Crippen LogP contribution in [-0.4, -0.2) is 59.1 Å². The molecule has 1 N–H and O–H groups in total. The molecule has 3 aromatic rings. The normalized spacial score (nSPS) is 19.6. The van der Waals surface area contributed by atoms with Gasteiger partial charge in [-0.3, -0.25) is 9.48 Å². The van der Waals surface area contributed by atoms with Crippen molar-refractivity contribution in [3.05, 3.63) is 46.6 Å². The number of hydrogen-bond donors (Lipinski definition) is 1. The Morgan fingerprint density at radius 2 is 2.10 bits per heavy atom. The van der Waals surface area contributed by atoms with Crippen molar-refractivity contribution >= 4 is 22.4 Å². The smallest absolute Gasteiger partial charge is 0.268 e. The van der Waals surface area contributed by atoms with Crippen LogP contribution in [0.15, 0.2) is 35.5 Å². The lowest BCUT2D eigenvalue weighted by atomic mass is 10.1. The summed E-state index contributed by atoms with van der Waals surface area (Å²) < 4.78 is 7.38. The number of aromatic amines is 1. The highest BCUT2D eigenvalue weighted by Crippen LogP contribution is 2.34. The van der Waals surface area contributed by atoms with Crippen molar-refractivity contribution in [1.82, 2.24) is 19.7 Å². The fourth-order valence-corrected chi connectivity index (χ4v) is 4.22. The Labute approximate surface area is 167 Å². The maximum atomic E-state index is 12.6. The summed E-state index contributed by atoms with van der Waals surface area (Å²) in [5, 5.41) is 14.9. The molecule has 1 atom stereocenters. The highest BCUT2D eigenvalue weighted by molar-refractivity contribution is 5.95. The lowest BCUT2D eigenvalue weighted by molar-refractivity contribution is 0.122. The maximum Gasteiger partial charge on any atom is 0.268 e. The number of hydrogen-bond acceptors (Lipinski definition) is 7. The first kappa shape index (κ1) is 17.7. The molecule has 2 saturated heterocycles. The predicted molar refractivity (Wildman–Crippen MR) is 108 cm³/mol. The van der Waals surface area contributed by atoms with Crippen molar-refractivity contribution in [3.63, 3.8) is 0 Å². The van der Waals surface area contributed by atoms with Crippen molar-refractivity contribution in [2.75, 3.05) is 49.2 Å². The summed E-state index contributed by atoms with van der Waals surface area (Å²) in [7, 11) is 0. The number of morpholine rings is 1. The van der Waals surface area contributed by atoms with Crippen LogP contribution in [0.1, 0.15) is 18.0 Å². The van der Waals surface area contributed by atoms with E-state index >= 15 is 0 Å². The van der Waals surface area contributed by atoms with Crippen molar-refractivity contribution < 1.29 is 4.74 Å². The fourth-order valence-electron chi connectivity index (χ4n) is 4.22. The average molecular weight is 391 g/mol. The molecular formula is C20H21N7O2. The SMILES string of the molecule is N#Cc1c(N2CCC(n3cccn3)C2)c2cc(N3CCOCC3)ncc2[nH]c1=O. The van der Waals surface area contributed by atoms with E-state index in [1.807, 2.05) is 23.0 Å². The molecule has 5 rings (SSSR count). The van der Waals surface area contributed by atoms with Gasteiger partial charge in [0, 0.05) is 44.0 Å². The highest BCUT2D eigenvalue weighted by Gasteiger charge is 2.29. The summed E-state index contributed by atoms with van der Waals surface area (Å²) >= 11 is 0. The van der Waals surface area contributed by atoms with Crippen molar-refractivity contribution in [2.24, 2.45) is 0 Å². The van der Waals surface area contributed by atoms with Crippen LogP contribution < -0.4 is 15.4 Å². The van der Waals surface area contributed by atoms with Gasteiger partial charge in [0.1, 0.15) is 17.5 Å². The van der Waals surface area contributed by atoms with E-state index < -0.39 is 0 Å². The molecule has 148 valence electrons. The third-order valence-corrected chi connectivity index (χ3v) is 5.68. The molecule has 0 bridgehead atoms. The Balaban J connectivity index is 1.60. The quantitative estimate of drug-likeness (QED) is 0.717. The fraction of sp³-hybridized carbons (Fsp3) is 0.400. The van der Waals surface area contributed by atoms with Gasteiger partial charge in [-0.15, -0.1) is 0 Å². The van der Waals surface area contributed by atoms with Crippen LogP contribution in [0, 0.1) is 11.3 Å². The number of nitriles is 1. The van der Waals surface area contributed by atoms with Crippen LogP contribution in [0.5, 0.6) is 0 Å². The number of pyridine rings is 2. The summed E-state index contributed by atoms with van der Waals surface area (Å²) in [4.78, 5) is 24.2. The first-order valence-corrected chi connectivity index (χ1v) is 9.77. The summed E-state index contributed by atoms with van der Waals surface area (Å²) in [6.45, 7) is 4.33. The van der Waals surface area contributed by atoms with Crippen molar-refractivity contribution in [1.29, 1.82) is 5.26 Å². The van der Waals surface area contributed by atoms with Gasteiger partial charge in [-0.2, -0.15) is 10.4 Å². The molecule has 29 heavy (non-hydrogen) atoms. The molecule has 5 heterocycles. The number of rotatable bonds is 3. The van der Waals surface area contributed by atoms with Gasteiger partial charge < -0.3 is 19.5 Å². The van der Waals surface area contributed by atoms with E-state index in [2.05, 4.69) is 30.9 Å². The molecule has 0 radical (unpaired) electrons. The minimum Gasteiger partial charge on any atom is -0.378 e. The topological polar surface area (TPSA) is 103 Å². The van der Waals surface area contributed by atoms with Crippen molar-refractivity contribution in [3.8, 4) is 6.07 Å². The van der Waals surface area contributed by atoms with E-state index in [0.717, 1.165) is 37.3 Å². The third-order valence-electron chi connectivity index (χ3n) is 5.68. The van der Waals surface area contributed by atoms with Crippen LogP contribution in [0.25, 0.3) is 10.9 Å². The standard InChI is InChI=1S/C20H21N7O2/c21-11-16-19(26-5-2-14(13-26)27-4-1-3-23-27)15-10-18(25-6-8-29-9-7-25)22-12-17(15)24-20(16)28/h1,3-4,10,12,14H,2,5-9,13H2,(H,24,28). The molecule has 0 amide bonds. The van der Waals surface area contributed by atoms with E-state index in [-0.39, 0.29) is 17.2 Å². The third kappa shape index (κ3) is 3.11. The Hall–Kier alpha value is -3.38. The first-order chi connectivity index (χ1) is 14.2. The lowest BCUT2D eigenvalue weighted by Gasteiger charge is -2.28. The Morgan fingerprint density at radius 1 is 1.24 bits per heavy atom. The van der Waals surface area contributed by atoms with Gasteiger partial charge in [0.15, 0.2) is 0 Å². The molecule has 2 fully saturated rings. The van der Waals surface area contributed by atoms with Gasteiger partial charge in [0.05, 0.1) is 36.7 Å². The van der Waals surface area contributed by atoms with E-state index in [9.17, 15) is 10.1 Å². The van der Waals surface area contributed by atoms with Gasteiger partial charge in [-0.05, 0) is 18.6 Å². The zero-order valence-corrected chi connectivity index (χ0v) is 15.9. The van der Waals surface area contributed by atoms with Crippen LogP contribution in [0.4, 0.5) is 11.5 Å². The molecule has 0 spiro atoms. The number of nitrogens with one attached hydrogen (secondary N) is 1. The predicted octanol–water partition coefficient (Wildman–Crippen LogP) is 1.28. The summed E-state index contributed by atoms with van der Waals surface area (Å²) in [5.41, 5.74) is 1.11. The molecular weight excluding hydrogens is 370 g/mol. The minimum atomic E-state index is -0.376. The van der Waals surface area contributed by atoms with Gasteiger partial charge in [0.2, 0.25) is 0 Å². The Morgan fingerprint density at radius 3 is 2.86 bits per heavy atom. The first-order valence-electron chi connectivity index (χ1n) is 9.77. The van der Waals surface area contributed by atoms with E-state index in [0.29, 0.717) is 31.0 Å². The number of anilines is 2. The monoisotopic (exact) mass is 391 g/mol. The summed E-state index contributed by atoms with van der Waals surface area (Å²) in [6, 6.07) is 6.22. The molecule has 9 heteroatoms. The molecule has 0 aromatic carbocycles. The van der Waals surface area contributed by atoms with Crippen LogP contribution in [0.2, 0.25) is 0 Å². The van der Waals surface area contributed by atoms with E-state index in [1.54, 1.807) is 12.4 Å². The highest BCUT2D eigenvalue weighted by atomic mass is 16.5. The van der Waals surface area contributed by atoms with Crippen LogP contribution >= 0.6 is 0 Å². The molecule has 1 unspecified atom stereocenters. The molecule has 9 nitrogen and oxygen atoms in total. The van der Waals surface area contributed by atoms with E-state index in [1.165, 1.54) is 0 Å². The van der Waals surface area contributed by atoms with Gasteiger partial charge in [-0.1, -0.05) is 0 Å². The molecule has 0 aliphatic carbocycles. The van der Waals surface area contributed by atoms with Gasteiger partial charge >= 0.3 is 0 Å². The second-order valence-corrected chi connectivity index (χ2v) is 7.35. The summed E-state index contributed by atoms with van der Waals surface area (Å²) in [5.74, 6) is 0.834. The molecule has 2 aliphatic rings. The largest absolute Gasteiger partial charge is 0.378 e. The Bertz CT molecular complexity index is 1130. The van der Waals surface area contributed by atoms with Gasteiger partial charge in [-0.25, -0.2) is 4.98 Å². The minimum absolute atomic E-state index is 0.151. The number of H-pyrrole nitrogens is 1. The summed E-state index contributed by atoms with van der Waals surface area (Å²) in [6.07, 6.45) is 6.32. The lowest BCUT2D eigenvalue weighted by Crippen LogP contribution is -2.36. The van der Waals surface area contributed by atoms with Gasteiger partial charge in [0.25, 0.3) is 5.56 Å². The zero-order chi connectivity index (χ0) is 19.8. The second kappa shape index (κ2) is 7.22. The number of fused-ring (bicyclic) bond motifs is 1. The van der Waals surface area contributed by atoms with E-state index in [4.69, 9.17) is 4.74 Å². The number of ether oxygens (including phenoxy) is 1. The Kier molecular flexibility index (Phi) is 4.41.